The Kier molecular flexibility index (Phi) is 3.38. The highest BCUT2D eigenvalue weighted by atomic mass is 32.2. The molecule has 1 aromatic rings. The van der Waals surface area contributed by atoms with Crippen LogP contribution in [0.5, 0.6) is 0 Å². The van der Waals surface area contributed by atoms with Crippen LogP contribution in [0.1, 0.15) is 24.8 Å². The molecule has 1 unspecified atom stereocenters. The number of hydrogen-bond donors (Lipinski definition) is 2. The maximum absolute atomic E-state index is 11.3. The van der Waals surface area contributed by atoms with E-state index < -0.39 is 11.9 Å². The van der Waals surface area contributed by atoms with Crippen LogP contribution in [0.15, 0.2) is 23.1 Å². The predicted octanol–water partition coefficient (Wildman–Crippen LogP) is 2.31. The van der Waals surface area contributed by atoms with E-state index in [9.17, 15) is 9.59 Å². The second-order valence-electron chi connectivity index (χ2n) is 3.89. The van der Waals surface area contributed by atoms with E-state index in [4.69, 9.17) is 5.11 Å². The summed E-state index contributed by atoms with van der Waals surface area (Å²) in [4.78, 5) is 23.3. The van der Waals surface area contributed by atoms with Crippen molar-refractivity contribution in [1.29, 1.82) is 0 Å². The summed E-state index contributed by atoms with van der Waals surface area (Å²) in [6.45, 7) is 1.84. The average molecular weight is 251 g/mol. The maximum Gasteiger partial charge on any atom is 0.310 e. The first-order chi connectivity index (χ1) is 8.11. The predicted molar refractivity (Wildman–Crippen MR) is 66.5 cm³/mol. The number of thioether (sulfide) groups is 1. The summed E-state index contributed by atoms with van der Waals surface area (Å²) in [5, 5.41) is 11.9. The zero-order valence-electron chi connectivity index (χ0n) is 9.40. The summed E-state index contributed by atoms with van der Waals surface area (Å²) in [6.07, 6.45) is 0.537. The van der Waals surface area contributed by atoms with Gasteiger partial charge in [0.1, 0.15) is 0 Å². The van der Waals surface area contributed by atoms with E-state index in [-0.39, 0.29) is 5.91 Å². The number of rotatable bonds is 3. The van der Waals surface area contributed by atoms with Crippen LogP contribution in [0.2, 0.25) is 0 Å². The highest BCUT2D eigenvalue weighted by Gasteiger charge is 2.21. The number of carbonyl (C=O) groups excluding carboxylic acids is 1. The van der Waals surface area contributed by atoms with E-state index in [0.29, 0.717) is 12.2 Å². The molecule has 0 bridgehead atoms. The van der Waals surface area contributed by atoms with Gasteiger partial charge in [0.05, 0.1) is 17.4 Å². The molecule has 1 atom stereocenters. The highest BCUT2D eigenvalue weighted by molar-refractivity contribution is 8.00. The summed E-state index contributed by atoms with van der Waals surface area (Å²) in [5.74, 6) is -0.961. The van der Waals surface area contributed by atoms with E-state index in [0.717, 1.165) is 16.1 Å². The van der Waals surface area contributed by atoms with Crippen molar-refractivity contribution in [2.75, 3.05) is 11.1 Å². The topological polar surface area (TPSA) is 66.4 Å². The molecule has 1 amide bonds. The van der Waals surface area contributed by atoms with Crippen molar-refractivity contribution >= 4 is 29.3 Å². The van der Waals surface area contributed by atoms with Gasteiger partial charge in [-0.05, 0) is 24.1 Å². The summed E-state index contributed by atoms with van der Waals surface area (Å²) in [6, 6.07) is 5.47. The number of benzene rings is 1. The molecule has 0 radical (unpaired) electrons. The quantitative estimate of drug-likeness (QED) is 0.865. The minimum atomic E-state index is -0.831. The third-order valence-corrected chi connectivity index (χ3v) is 3.82. The molecule has 1 aliphatic heterocycles. The van der Waals surface area contributed by atoms with Crippen LogP contribution in [0.4, 0.5) is 5.69 Å². The van der Waals surface area contributed by atoms with Crippen LogP contribution in [-0.2, 0) is 9.59 Å². The molecule has 17 heavy (non-hydrogen) atoms. The Hall–Kier alpha value is -1.49. The van der Waals surface area contributed by atoms with Crippen LogP contribution >= 0.6 is 11.8 Å². The lowest BCUT2D eigenvalue weighted by atomic mass is 9.96. The first-order valence-electron chi connectivity index (χ1n) is 5.41. The first-order valence-corrected chi connectivity index (χ1v) is 6.39. The third kappa shape index (κ3) is 2.44. The number of carboxylic acid groups (broad SMARTS) is 1. The average Bonchev–Trinajstić information content (AvgIpc) is 2.29. The molecule has 2 rings (SSSR count). The van der Waals surface area contributed by atoms with E-state index in [1.165, 1.54) is 11.8 Å². The molecule has 2 N–H and O–H groups in total. The number of amides is 1. The Morgan fingerprint density at radius 3 is 3.00 bits per heavy atom. The van der Waals surface area contributed by atoms with Crippen molar-refractivity contribution in [2.24, 2.45) is 0 Å². The van der Waals surface area contributed by atoms with Gasteiger partial charge >= 0.3 is 5.97 Å². The number of aliphatic carboxylic acids is 1. The zero-order chi connectivity index (χ0) is 12.4. The smallest absolute Gasteiger partial charge is 0.310 e. The van der Waals surface area contributed by atoms with Crippen LogP contribution in [-0.4, -0.2) is 22.7 Å². The standard InChI is InChI=1S/C12H13NO3S/c1-2-8(12(15)16)7-3-4-10-9(5-7)13-11(14)6-17-10/h3-5,8H,2,6H2,1H3,(H,13,14)(H,15,16). The van der Waals surface area contributed by atoms with Gasteiger partial charge < -0.3 is 10.4 Å². The lowest BCUT2D eigenvalue weighted by Crippen LogP contribution is -2.19. The molecule has 5 heteroatoms. The molecule has 4 nitrogen and oxygen atoms in total. The van der Waals surface area contributed by atoms with Gasteiger partial charge in [-0.2, -0.15) is 0 Å². The Balaban J connectivity index is 2.35. The molecule has 0 saturated heterocycles. The second kappa shape index (κ2) is 4.79. The SMILES string of the molecule is CCC(C(=O)O)c1ccc2c(c1)NC(=O)CS2. The Bertz CT molecular complexity index is 473. The Labute approximate surface area is 103 Å². The van der Waals surface area contributed by atoms with Gasteiger partial charge in [-0.3, -0.25) is 9.59 Å². The molecular weight excluding hydrogens is 238 g/mol. The molecule has 1 aromatic carbocycles. The largest absolute Gasteiger partial charge is 0.481 e. The van der Waals surface area contributed by atoms with Gasteiger partial charge in [0.25, 0.3) is 0 Å². The van der Waals surface area contributed by atoms with Crippen molar-refractivity contribution < 1.29 is 14.7 Å². The molecule has 0 fully saturated rings. The lowest BCUT2D eigenvalue weighted by molar-refractivity contribution is -0.138. The molecular formula is C12H13NO3S. The maximum atomic E-state index is 11.3. The summed E-state index contributed by atoms with van der Waals surface area (Å²) in [5.41, 5.74) is 1.46. The van der Waals surface area contributed by atoms with Crippen LogP contribution in [0.25, 0.3) is 0 Å². The second-order valence-corrected chi connectivity index (χ2v) is 4.91. The number of fused-ring (bicyclic) bond motifs is 1. The zero-order valence-corrected chi connectivity index (χ0v) is 10.2. The van der Waals surface area contributed by atoms with Crippen molar-refractivity contribution in [3.8, 4) is 0 Å². The van der Waals surface area contributed by atoms with Gasteiger partial charge in [-0.1, -0.05) is 13.0 Å². The van der Waals surface area contributed by atoms with Crippen molar-refractivity contribution in [2.45, 2.75) is 24.2 Å². The Morgan fingerprint density at radius 2 is 2.35 bits per heavy atom. The van der Waals surface area contributed by atoms with E-state index >= 15 is 0 Å². The van der Waals surface area contributed by atoms with E-state index in [2.05, 4.69) is 5.32 Å². The lowest BCUT2D eigenvalue weighted by Gasteiger charge is -2.18. The fourth-order valence-corrected chi connectivity index (χ4v) is 2.66. The van der Waals surface area contributed by atoms with Gasteiger partial charge in [-0.25, -0.2) is 0 Å². The van der Waals surface area contributed by atoms with Crippen molar-refractivity contribution in [3.63, 3.8) is 0 Å². The molecule has 0 aromatic heterocycles. The first kappa shape index (κ1) is 12.0. The van der Waals surface area contributed by atoms with Crippen LogP contribution in [0.3, 0.4) is 0 Å². The van der Waals surface area contributed by atoms with E-state index in [1.54, 1.807) is 6.07 Å². The number of hydrogen-bond acceptors (Lipinski definition) is 3. The minimum absolute atomic E-state index is 0.0389. The van der Waals surface area contributed by atoms with Crippen molar-refractivity contribution in [3.05, 3.63) is 23.8 Å². The number of carboxylic acids is 1. The van der Waals surface area contributed by atoms with Gasteiger partial charge in [0.15, 0.2) is 0 Å². The Morgan fingerprint density at radius 1 is 1.59 bits per heavy atom. The van der Waals surface area contributed by atoms with Crippen LogP contribution in [0, 0.1) is 0 Å². The van der Waals surface area contributed by atoms with Gasteiger partial charge in [0, 0.05) is 4.90 Å². The fraction of sp³-hybridized carbons (Fsp3) is 0.333. The van der Waals surface area contributed by atoms with Crippen LogP contribution < -0.4 is 5.32 Å². The molecule has 0 aliphatic carbocycles. The molecule has 0 spiro atoms. The third-order valence-electron chi connectivity index (χ3n) is 2.75. The minimum Gasteiger partial charge on any atom is -0.481 e. The number of carbonyl (C=O) groups is 2. The number of anilines is 1. The monoisotopic (exact) mass is 251 g/mol. The van der Waals surface area contributed by atoms with Gasteiger partial charge in [0.2, 0.25) is 5.91 Å². The highest BCUT2D eigenvalue weighted by Crippen LogP contribution is 2.34. The fourth-order valence-electron chi connectivity index (χ4n) is 1.87. The normalized spacial score (nSPS) is 15.9. The van der Waals surface area contributed by atoms with Crippen molar-refractivity contribution in [1.82, 2.24) is 0 Å². The van der Waals surface area contributed by atoms with E-state index in [1.807, 2.05) is 19.1 Å². The molecule has 1 aliphatic rings. The van der Waals surface area contributed by atoms with Gasteiger partial charge in [-0.15, -0.1) is 11.8 Å². The summed E-state index contributed by atoms with van der Waals surface area (Å²) in [7, 11) is 0. The summed E-state index contributed by atoms with van der Waals surface area (Å²) < 4.78 is 0. The molecule has 90 valence electrons. The summed E-state index contributed by atoms with van der Waals surface area (Å²) >= 11 is 1.47. The molecule has 1 heterocycles. The number of nitrogens with one attached hydrogen (secondary N) is 1. The molecule has 0 saturated carbocycles.